The molecule has 3 aromatic carbocycles. The zero-order valence-electron chi connectivity index (χ0n) is 47.3. The Labute approximate surface area is 487 Å². The van der Waals surface area contributed by atoms with Crippen LogP contribution in [0.15, 0.2) is 83.9 Å². The number of hydroxylamine groups is 1. The van der Waals surface area contributed by atoms with E-state index in [0.29, 0.717) is 36.9 Å². The molecule has 1 aliphatic heterocycles. The molecule has 2 unspecified atom stereocenters. The Balaban J connectivity index is 1.23. The molecule has 3 aromatic rings. The predicted octanol–water partition coefficient (Wildman–Crippen LogP) is -1.13. The van der Waals surface area contributed by atoms with Crippen molar-refractivity contribution in [2.75, 3.05) is 130 Å². The summed E-state index contributed by atoms with van der Waals surface area (Å²) in [4.78, 5) is 128. The summed E-state index contributed by atoms with van der Waals surface area (Å²) in [6.07, 6.45) is 1.29. The number of carboxylic acids is 3. The highest BCUT2D eigenvalue weighted by molar-refractivity contribution is 5.95. The minimum absolute atomic E-state index is 0.0453. The van der Waals surface area contributed by atoms with Crippen LogP contribution < -0.4 is 53.7 Å². The second-order valence-corrected chi connectivity index (χ2v) is 19.5. The zero-order valence-corrected chi connectivity index (χ0v) is 47.3. The molecule has 1 heterocycles. The van der Waals surface area contributed by atoms with Gasteiger partial charge < -0.3 is 63.4 Å². The molecule has 29 heteroatoms. The lowest BCUT2D eigenvalue weighted by Crippen LogP contribution is -2.50. The largest absolute Gasteiger partial charge is 0.508 e. The van der Waals surface area contributed by atoms with Gasteiger partial charge in [0.25, 0.3) is 0 Å². The molecule has 0 radical (unpaired) electrons. The summed E-state index contributed by atoms with van der Waals surface area (Å²) in [6, 6.07) is 20.5. The van der Waals surface area contributed by atoms with E-state index in [2.05, 4.69) is 53.0 Å². The highest BCUT2D eigenvalue weighted by Crippen LogP contribution is 2.27. The Bertz CT molecular complexity index is 2570. The Morgan fingerprint density at radius 3 is 1.69 bits per heavy atom. The average Bonchev–Trinajstić information content (AvgIpc) is 3.37. The number of hydrogen-bond donors (Lipinski definition) is 14. The van der Waals surface area contributed by atoms with Crippen molar-refractivity contribution in [1.82, 2.24) is 62.3 Å². The first-order valence-corrected chi connectivity index (χ1v) is 27.7. The van der Waals surface area contributed by atoms with Crippen molar-refractivity contribution in [3.63, 3.8) is 0 Å². The summed E-state index contributed by atoms with van der Waals surface area (Å²) >= 11 is 0. The van der Waals surface area contributed by atoms with E-state index in [1.807, 2.05) is 54.6 Å². The number of benzene rings is 3. The molecule has 4 rings (SSSR count). The van der Waals surface area contributed by atoms with Gasteiger partial charge in [0.2, 0.25) is 23.6 Å². The number of aliphatic imine (C=N–C) groups is 1. The molecule has 0 spiro atoms. The minimum Gasteiger partial charge on any atom is -0.508 e. The third kappa shape index (κ3) is 28.4. The topological polar surface area (TPSA) is 403 Å². The number of carboxylic acid groups (broad SMARTS) is 3. The van der Waals surface area contributed by atoms with E-state index < -0.39 is 53.7 Å². The van der Waals surface area contributed by atoms with Crippen LogP contribution in [0.25, 0.3) is 0 Å². The van der Waals surface area contributed by atoms with E-state index in [0.717, 1.165) is 11.3 Å². The number of aliphatic carboxylic acids is 3. The maximum atomic E-state index is 14.3. The number of urea groups is 2. The van der Waals surface area contributed by atoms with Gasteiger partial charge in [-0.25, -0.2) is 15.1 Å². The standard InChI is InChI=1S/C55H81N15O14/c1-2-45(72)58-22-23-62-54(82)65-53(56)60-19-6-10-44(51(80)63-34-39-11-17-43(71)18-12-39)64-52(81)50(40-8-4-3-5-9-40)41-13-15-42(16-14-41)57-20-7-21-61-55(83)66-84-33-24-59-46(73)35-67-25-27-68(36-47(74)75)29-31-70(38-49(78)79)32-30-69(28-26-67)37-48(76)77/h3-5,8-9,11-18,44,50,57,71H,2,6-7,10,19-38H2,1H3,(H,58,72)(H,59,73)(H,63,80)(H,64,81)(H,74,75)(H,76,77)(H,78,79)(H2,61,66,83)(H4,56,60,62,65,82). The molecule has 460 valence electrons. The molecule has 8 amide bonds. The first-order valence-electron chi connectivity index (χ1n) is 27.7. The first kappa shape index (κ1) is 67.9. The molecular formula is C55H81N15O14. The van der Waals surface area contributed by atoms with Crippen LogP contribution in [0.1, 0.15) is 55.2 Å². The molecule has 0 bridgehead atoms. The lowest BCUT2D eigenvalue weighted by molar-refractivity contribution is -0.140. The van der Waals surface area contributed by atoms with Gasteiger partial charge in [-0.15, -0.1) is 0 Å². The van der Waals surface area contributed by atoms with Crippen molar-refractivity contribution < 1.29 is 68.4 Å². The molecular weight excluding hydrogens is 1090 g/mol. The van der Waals surface area contributed by atoms with Gasteiger partial charge in [0.15, 0.2) is 5.96 Å². The minimum atomic E-state index is -1.06. The van der Waals surface area contributed by atoms with E-state index in [1.54, 1.807) is 38.7 Å². The Morgan fingerprint density at radius 1 is 0.583 bits per heavy atom. The molecule has 29 nitrogen and oxygen atoms in total. The van der Waals surface area contributed by atoms with Crippen molar-refractivity contribution >= 4 is 65.2 Å². The van der Waals surface area contributed by atoms with Crippen LogP contribution in [0.4, 0.5) is 15.3 Å². The number of rotatable bonds is 32. The van der Waals surface area contributed by atoms with Gasteiger partial charge in [-0.2, -0.15) is 0 Å². The van der Waals surface area contributed by atoms with Gasteiger partial charge >= 0.3 is 30.0 Å². The highest BCUT2D eigenvalue weighted by atomic mass is 16.7. The predicted molar refractivity (Wildman–Crippen MR) is 309 cm³/mol. The van der Waals surface area contributed by atoms with Crippen molar-refractivity contribution in [2.24, 2.45) is 10.7 Å². The van der Waals surface area contributed by atoms with Gasteiger partial charge in [-0.3, -0.25) is 68.3 Å². The Morgan fingerprint density at radius 2 is 1.12 bits per heavy atom. The number of nitrogens with zero attached hydrogens (tertiary/aromatic N) is 5. The number of phenols is 1. The Kier molecular flexibility index (Phi) is 30.9. The van der Waals surface area contributed by atoms with Crippen LogP contribution in [-0.4, -0.2) is 230 Å². The van der Waals surface area contributed by atoms with E-state index in [9.17, 15) is 63.6 Å². The molecule has 15 N–H and O–H groups in total. The van der Waals surface area contributed by atoms with Gasteiger partial charge in [0, 0.05) is 110 Å². The molecule has 84 heavy (non-hydrogen) atoms. The molecule has 0 aliphatic carbocycles. The zero-order chi connectivity index (χ0) is 61.1. The fourth-order valence-corrected chi connectivity index (χ4v) is 8.54. The van der Waals surface area contributed by atoms with Crippen molar-refractivity contribution in [2.45, 2.75) is 51.1 Å². The molecule has 1 aliphatic rings. The number of nitrogens with two attached hydrogens (primary N) is 1. The van der Waals surface area contributed by atoms with Crippen molar-refractivity contribution in [3.05, 3.63) is 95.6 Å². The maximum absolute atomic E-state index is 14.3. The SMILES string of the molecule is CCC(=O)NCCNC(=O)NC(N)=NCCCC(NC(=O)C(c1ccccc1)c1ccc(NCCCNC(=O)NOCCNC(=O)CN2CCN(CC(=O)O)CCN(CC(=O)O)CCN(CC(=O)O)CC2)cc1)C(=O)NCc1ccc(O)cc1. The van der Waals surface area contributed by atoms with Gasteiger partial charge in [-0.1, -0.05) is 61.5 Å². The number of amides is 8. The summed E-state index contributed by atoms with van der Waals surface area (Å²) in [7, 11) is 0. The number of nitrogens with one attached hydrogen (secondary N) is 9. The lowest BCUT2D eigenvalue weighted by Gasteiger charge is -2.32. The molecule has 0 aromatic heterocycles. The summed E-state index contributed by atoms with van der Waals surface area (Å²) < 4.78 is 0. The van der Waals surface area contributed by atoms with Crippen LogP contribution in [0.2, 0.25) is 0 Å². The first-order chi connectivity index (χ1) is 40.4. The summed E-state index contributed by atoms with van der Waals surface area (Å²) in [5.41, 5.74) is 11.0. The number of carbonyl (C=O) groups excluding carboxylic acids is 6. The van der Waals surface area contributed by atoms with E-state index >= 15 is 0 Å². The smallest absolute Gasteiger partial charge is 0.338 e. The van der Waals surface area contributed by atoms with Crippen molar-refractivity contribution in [1.29, 1.82) is 0 Å². The van der Waals surface area contributed by atoms with E-state index in [1.165, 1.54) is 12.1 Å². The van der Waals surface area contributed by atoms with Crippen LogP contribution in [-0.2, 0) is 44.9 Å². The molecule has 1 fully saturated rings. The Hall–Kier alpha value is -8.64. The van der Waals surface area contributed by atoms with Gasteiger partial charge in [0.1, 0.15) is 11.8 Å². The van der Waals surface area contributed by atoms with E-state index in [-0.39, 0.29) is 154 Å². The van der Waals surface area contributed by atoms with Crippen LogP contribution >= 0.6 is 0 Å². The highest BCUT2D eigenvalue weighted by Gasteiger charge is 2.28. The number of guanidine groups is 1. The van der Waals surface area contributed by atoms with Crippen molar-refractivity contribution in [3.8, 4) is 5.75 Å². The monoisotopic (exact) mass is 1180 g/mol. The van der Waals surface area contributed by atoms with Gasteiger partial charge in [-0.05, 0) is 60.2 Å². The third-order valence-electron chi connectivity index (χ3n) is 12.9. The number of phenolic OH excluding ortho intramolecular Hbond substituents is 1. The lowest BCUT2D eigenvalue weighted by atomic mass is 9.90. The molecule has 0 saturated carbocycles. The van der Waals surface area contributed by atoms with Crippen LogP contribution in [0.3, 0.4) is 0 Å². The van der Waals surface area contributed by atoms with Gasteiger partial charge in [0.05, 0.1) is 38.7 Å². The second-order valence-electron chi connectivity index (χ2n) is 19.5. The van der Waals surface area contributed by atoms with Crippen LogP contribution in [0, 0.1) is 0 Å². The van der Waals surface area contributed by atoms with Crippen LogP contribution in [0.5, 0.6) is 5.75 Å². The third-order valence-corrected chi connectivity index (χ3v) is 12.9. The van der Waals surface area contributed by atoms with E-state index in [4.69, 9.17) is 10.6 Å². The summed E-state index contributed by atoms with van der Waals surface area (Å²) in [6.45, 7) is 4.23. The number of hydrogen-bond acceptors (Lipinski definition) is 17. The fraction of sp³-hybridized carbons (Fsp3) is 0.491. The second kappa shape index (κ2) is 38.2. The number of anilines is 1. The normalized spacial score (nSPS) is 14.7. The molecule has 1 saturated heterocycles. The average molecular weight is 1180 g/mol. The fourth-order valence-electron chi connectivity index (χ4n) is 8.54. The number of carbonyl (C=O) groups is 9. The maximum Gasteiger partial charge on any atom is 0.338 e. The summed E-state index contributed by atoms with van der Waals surface area (Å²) in [5, 5.41) is 60.2. The number of aromatic hydroxyl groups is 1. The summed E-state index contributed by atoms with van der Waals surface area (Å²) in [5.74, 6) is -5.48. The molecule has 2 atom stereocenters. The quantitative estimate of drug-likeness (QED) is 0.0152.